The minimum Gasteiger partial charge on any atom is -0.493 e. The summed E-state index contributed by atoms with van der Waals surface area (Å²) in [6, 6.07) is 5.79. The summed E-state index contributed by atoms with van der Waals surface area (Å²) in [5, 5.41) is 12.4. The number of benzene rings is 1. The van der Waals surface area contributed by atoms with E-state index in [0.29, 0.717) is 17.9 Å². The molecule has 1 aromatic carbocycles. The third-order valence-electron chi connectivity index (χ3n) is 3.18. The van der Waals surface area contributed by atoms with Crippen molar-refractivity contribution in [1.82, 2.24) is 5.32 Å². The number of aliphatic hydroxyl groups excluding tert-OH is 1. The molecule has 0 amide bonds. The molecule has 0 aliphatic carbocycles. The fraction of sp³-hybridized carbons (Fsp3) is 0.538. The van der Waals surface area contributed by atoms with Gasteiger partial charge >= 0.3 is 0 Å². The average Bonchev–Trinajstić information content (AvgIpc) is 2.38. The van der Waals surface area contributed by atoms with Crippen molar-refractivity contribution in [3.05, 3.63) is 23.8 Å². The van der Waals surface area contributed by atoms with Crippen LogP contribution in [0.4, 0.5) is 0 Å². The summed E-state index contributed by atoms with van der Waals surface area (Å²) >= 11 is 0. The van der Waals surface area contributed by atoms with Gasteiger partial charge in [0.05, 0.1) is 14.2 Å². The van der Waals surface area contributed by atoms with Gasteiger partial charge < -0.3 is 19.9 Å². The number of hydrogen-bond acceptors (Lipinski definition) is 4. The van der Waals surface area contributed by atoms with Gasteiger partial charge in [0.2, 0.25) is 0 Å². The van der Waals surface area contributed by atoms with Crippen molar-refractivity contribution < 1.29 is 14.6 Å². The van der Waals surface area contributed by atoms with Crippen molar-refractivity contribution in [1.29, 1.82) is 0 Å². The third-order valence-corrected chi connectivity index (χ3v) is 3.18. The van der Waals surface area contributed by atoms with Gasteiger partial charge in [-0.3, -0.25) is 0 Å². The molecule has 0 radical (unpaired) electrons. The molecule has 4 nitrogen and oxygen atoms in total. The van der Waals surface area contributed by atoms with Crippen molar-refractivity contribution in [2.24, 2.45) is 0 Å². The van der Waals surface area contributed by atoms with Crippen LogP contribution in [-0.2, 0) is 5.54 Å². The average molecular weight is 239 g/mol. The van der Waals surface area contributed by atoms with Crippen molar-refractivity contribution in [2.45, 2.75) is 18.9 Å². The first-order chi connectivity index (χ1) is 8.11. The number of hydrogen-bond donors (Lipinski definition) is 2. The first kappa shape index (κ1) is 13.8. The van der Waals surface area contributed by atoms with Gasteiger partial charge in [-0.25, -0.2) is 0 Å². The maximum atomic E-state index is 9.13. The summed E-state index contributed by atoms with van der Waals surface area (Å²) in [4.78, 5) is 0. The van der Waals surface area contributed by atoms with Crippen LogP contribution in [0, 0.1) is 0 Å². The fourth-order valence-electron chi connectivity index (χ4n) is 1.82. The first-order valence-corrected chi connectivity index (χ1v) is 5.63. The minimum absolute atomic E-state index is 0.131. The van der Waals surface area contributed by atoms with Gasteiger partial charge in [0, 0.05) is 12.1 Å². The zero-order valence-corrected chi connectivity index (χ0v) is 10.9. The van der Waals surface area contributed by atoms with Crippen LogP contribution in [0.3, 0.4) is 0 Å². The van der Waals surface area contributed by atoms with Gasteiger partial charge in [0.25, 0.3) is 0 Å². The molecular formula is C13H21NO3. The van der Waals surface area contributed by atoms with Gasteiger partial charge in [-0.2, -0.15) is 0 Å². The minimum atomic E-state index is -0.270. The highest BCUT2D eigenvalue weighted by Crippen LogP contribution is 2.33. The molecule has 4 heteroatoms. The summed E-state index contributed by atoms with van der Waals surface area (Å²) < 4.78 is 10.5. The van der Waals surface area contributed by atoms with Crippen LogP contribution in [-0.4, -0.2) is 33.0 Å². The number of nitrogens with one attached hydrogen (secondary N) is 1. The van der Waals surface area contributed by atoms with E-state index < -0.39 is 0 Å². The second kappa shape index (κ2) is 5.89. The zero-order chi connectivity index (χ0) is 12.9. The lowest BCUT2D eigenvalue weighted by Crippen LogP contribution is -2.37. The maximum absolute atomic E-state index is 9.13. The molecule has 1 aromatic rings. The van der Waals surface area contributed by atoms with Gasteiger partial charge in [-0.05, 0) is 38.1 Å². The Morgan fingerprint density at radius 2 is 1.88 bits per heavy atom. The Kier molecular flexibility index (Phi) is 4.78. The van der Waals surface area contributed by atoms with E-state index in [1.54, 1.807) is 14.2 Å². The number of aliphatic hydroxyl groups is 1. The number of rotatable bonds is 6. The van der Waals surface area contributed by atoms with Gasteiger partial charge in [0.15, 0.2) is 11.5 Å². The standard InChI is InChI=1S/C13H21NO3/c1-13(14-2,7-8-15)10-5-6-11(16-3)12(9-10)17-4/h5-6,9,14-15H,7-8H2,1-4H3. The largest absolute Gasteiger partial charge is 0.493 e. The van der Waals surface area contributed by atoms with Crippen LogP contribution in [0.1, 0.15) is 18.9 Å². The molecule has 0 fully saturated rings. The van der Waals surface area contributed by atoms with Crippen molar-refractivity contribution >= 4 is 0 Å². The smallest absolute Gasteiger partial charge is 0.161 e. The summed E-state index contributed by atoms with van der Waals surface area (Å²) in [5.74, 6) is 1.41. The van der Waals surface area contributed by atoms with Crippen LogP contribution < -0.4 is 14.8 Å². The summed E-state index contributed by atoms with van der Waals surface area (Å²) in [6.45, 7) is 2.18. The second-order valence-electron chi connectivity index (χ2n) is 4.13. The quantitative estimate of drug-likeness (QED) is 0.790. The van der Waals surface area contributed by atoms with Gasteiger partial charge in [0.1, 0.15) is 0 Å². The van der Waals surface area contributed by atoms with Crippen LogP contribution in [0.2, 0.25) is 0 Å². The van der Waals surface area contributed by atoms with E-state index in [1.807, 2.05) is 32.2 Å². The molecule has 0 aliphatic rings. The normalized spacial score (nSPS) is 14.2. The Hall–Kier alpha value is -1.26. The van der Waals surface area contributed by atoms with Crippen LogP contribution in [0.25, 0.3) is 0 Å². The predicted octanol–water partition coefficient (Wildman–Crippen LogP) is 1.52. The van der Waals surface area contributed by atoms with Crippen molar-refractivity contribution in [3.63, 3.8) is 0 Å². The number of methoxy groups -OCH3 is 2. The molecule has 1 rings (SSSR count). The molecule has 0 bridgehead atoms. The SMILES string of the molecule is CNC(C)(CCO)c1ccc(OC)c(OC)c1. The molecule has 1 unspecified atom stereocenters. The van der Waals surface area contributed by atoms with E-state index in [0.717, 1.165) is 5.56 Å². The fourth-order valence-corrected chi connectivity index (χ4v) is 1.82. The van der Waals surface area contributed by atoms with E-state index in [4.69, 9.17) is 14.6 Å². The van der Waals surface area contributed by atoms with E-state index >= 15 is 0 Å². The van der Waals surface area contributed by atoms with E-state index in [9.17, 15) is 0 Å². The van der Waals surface area contributed by atoms with Gasteiger partial charge in [-0.15, -0.1) is 0 Å². The monoisotopic (exact) mass is 239 g/mol. The lowest BCUT2D eigenvalue weighted by molar-refractivity contribution is 0.227. The van der Waals surface area contributed by atoms with Crippen LogP contribution >= 0.6 is 0 Å². The van der Waals surface area contributed by atoms with Crippen LogP contribution in [0.5, 0.6) is 11.5 Å². The molecule has 0 saturated carbocycles. The summed E-state index contributed by atoms with van der Waals surface area (Å²) in [7, 11) is 5.11. The highest BCUT2D eigenvalue weighted by atomic mass is 16.5. The molecular weight excluding hydrogens is 218 g/mol. The Bertz CT molecular complexity index is 368. The molecule has 0 aromatic heterocycles. The Labute approximate surface area is 103 Å². The Morgan fingerprint density at radius 1 is 1.24 bits per heavy atom. The predicted molar refractivity (Wildman–Crippen MR) is 67.7 cm³/mol. The molecule has 2 N–H and O–H groups in total. The Balaban J connectivity index is 3.13. The van der Waals surface area contributed by atoms with Gasteiger partial charge in [-0.1, -0.05) is 6.07 Å². The molecule has 96 valence electrons. The molecule has 0 aliphatic heterocycles. The summed E-state index contributed by atoms with van der Waals surface area (Å²) in [5.41, 5.74) is 0.792. The zero-order valence-electron chi connectivity index (χ0n) is 10.9. The highest BCUT2D eigenvalue weighted by Gasteiger charge is 2.24. The summed E-state index contributed by atoms with van der Waals surface area (Å²) in [6.07, 6.45) is 0.638. The topological polar surface area (TPSA) is 50.7 Å². The van der Waals surface area contributed by atoms with Crippen LogP contribution in [0.15, 0.2) is 18.2 Å². The Morgan fingerprint density at radius 3 is 2.35 bits per heavy atom. The lowest BCUT2D eigenvalue weighted by atomic mass is 9.89. The molecule has 0 spiro atoms. The molecule has 0 saturated heterocycles. The van der Waals surface area contributed by atoms with Crippen molar-refractivity contribution in [2.75, 3.05) is 27.9 Å². The van der Waals surface area contributed by atoms with Crippen molar-refractivity contribution in [3.8, 4) is 11.5 Å². The molecule has 17 heavy (non-hydrogen) atoms. The molecule has 1 atom stereocenters. The first-order valence-electron chi connectivity index (χ1n) is 5.63. The third kappa shape index (κ3) is 2.90. The second-order valence-corrected chi connectivity index (χ2v) is 4.13. The highest BCUT2D eigenvalue weighted by molar-refractivity contribution is 5.44. The molecule has 0 heterocycles. The van der Waals surface area contributed by atoms with E-state index in [1.165, 1.54) is 0 Å². The van der Waals surface area contributed by atoms with E-state index in [-0.39, 0.29) is 12.1 Å². The lowest BCUT2D eigenvalue weighted by Gasteiger charge is -2.29. The maximum Gasteiger partial charge on any atom is 0.161 e. The van der Waals surface area contributed by atoms with E-state index in [2.05, 4.69) is 5.32 Å². The number of ether oxygens (including phenoxy) is 2.